The number of hydrogen-bond acceptors (Lipinski definition) is 4. The molecule has 3 nitrogen and oxygen atoms in total. The zero-order chi connectivity index (χ0) is 14.5. The third kappa shape index (κ3) is 4.45. The molecule has 0 atom stereocenters. The molecule has 0 saturated carbocycles. The largest absolute Gasteiger partial charge is 0.339 e. The van der Waals surface area contributed by atoms with Crippen LogP contribution in [0.1, 0.15) is 23.4 Å². The molecule has 7 heteroatoms. The van der Waals surface area contributed by atoms with Crippen LogP contribution >= 0.6 is 45.9 Å². The predicted molar refractivity (Wildman–Crippen MR) is 85.9 cm³/mol. The van der Waals surface area contributed by atoms with Gasteiger partial charge in [0.2, 0.25) is 5.91 Å². The van der Waals surface area contributed by atoms with Gasteiger partial charge in [0.25, 0.3) is 0 Å². The fourth-order valence-electron chi connectivity index (χ4n) is 1.79. The number of rotatable bonds is 6. The lowest BCUT2D eigenvalue weighted by molar-refractivity contribution is -0.130. The average Bonchev–Trinajstić information content (AvgIpc) is 2.99. The number of carbonyl (C=O) groups excluding carboxylic acids is 1. The Balaban J connectivity index is 1.76. The van der Waals surface area contributed by atoms with Crippen LogP contribution in [-0.4, -0.2) is 22.8 Å². The second-order valence-corrected chi connectivity index (χ2v) is 7.64. The van der Waals surface area contributed by atoms with Gasteiger partial charge in [0, 0.05) is 25.0 Å². The summed E-state index contributed by atoms with van der Waals surface area (Å²) in [5.41, 5.74) is 1.03. The zero-order valence-corrected chi connectivity index (χ0v) is 14.1. The Labute approximate surface area is 136 Å². The van der Waals surface area contributed by atoms with Gasteiger partial charge in [-0.25, -0.2) is 4.98 Å². The van der Waals surface area contributed by atoms with Gasteiger partial charge >= 0.3 is 0 Å². The maximum absolute atomic E-state index is 12.0. The second kappa shape index (κ2) is 7.41. The highest BCUT2D eigenvalue weighted by Gasteiger charge is 2.11. The van der Waals surface area contributed by atoms with Crippen LogP contribution in [0, 0.1) is 0 Å². The Hall–Kier alpha value is -0.620. The number of carbonyl (C=O) groups is 1. The van der Waals surface area contributed by atoms with Gasteiger partial charge in [-0.3, -0.25) is 4.79 Å². The molecule has 0 N–H and O–H groups in total. The molecule has 0 aromatic carbocycles. The highest BCUT2D eigenvalue weighted by atomic mass is 35.5. The normalized spacial score (nSPS) is 10.8. The lowest BCUT2D eigenvalue weighted by Gasteiger charge is -2.15. The maximum Gasteiger partial charge on any atom is 0.222 e. The van der Waals surface area contributed by atoms with Gasteiger partial charge in [0.05, 0.1) is 15.2 Å². The quantitative estimate of drug-likeness (QED) is 0.770. The molecule has 1 amide bonds. The van der Waals surface area contributed by atoms with Gasteiger partial charge in [-0.1, -0.05) is 23.2 Å². The van der Waals surface area contributed by atoms with Crippen molar-refractivity contribution in [1.29, 1.82) is 0 Å². The van der Waals surface area contributed by atoms with Crippen molar-refractivity contribution in [2.75, 3.05) is 7.05 Å². The van der Waals surface area contributed by atoms with E-state index in [0.717, 1.165) is 27.7 Å². The highest BCUT2D eigenvalue weighted by Crippen LogP contribution is 2.32. The predicted octanol–water partition coefficient (Wildman–Crippen LogP) is 4.49. The first-order chi connectivity index (χ1) is 9.56. The van der Waals surface area contributed by atoms with Crippen molar-refractivity contribution < 1.29 is 4.79 Å². The molecular weight excluding hydrogens is 335 g/mol. The Morgan fingerprint density at radius 1 is 1.45 bits per heavy atom. The van der Waals surface area contributed by atoms with Gasteiger partial charge in [-0.05, 0) is 24.5 Å². The van der Waals surface area contributed by atoms with E-state index in [1.165, 1.54) is 11.3 Å². The molecule has 108 valence electrons. The van der Waals surface area contributed by atoms with Crippen molar-refractivity contribution in [2.45, 2.75) is 25.8 Å². The minimum Gasteiger partial charge on any atom is -0.339 e. The molecule has 2 aromatic rings. The molecule has 2 heterocycles. The zero-order valence-electron chi connectivity index (χ0n) is 10.9. The SMILES string of the molecule is CN(Cc1nccs1)C(=O)CCCc1cc(Cl)sc1Cl. The van der Waals surface area contributed by atoms with E-state index in [1.54, 1.807) is 29.5 Å². The number of hydrogen-bond donors (Lipinski definition) is 0. The third-order valence-electron chi connectivity index (χ3n) is 2.85. The summed E-state index contributed by atoms with van der Waals surface area (Å²) in [4.78, 5) is 17.9. The van der Waals surface area contributed by atoms with Crippen molar-refractivity contribution in [3.8, 4) is 0 Å². The second-order valence-electron chi connectivity index (χ2n) is 4.38. The minimum absolute atomic E-state index is 0.123. The van der Waals surface area contributed by atoms with Gasteiger partial charge in [-0.15, -0.1) is 22.7 Å². The van der Waals surface area contributed by atoms with Crippen molar-refractivity contribution in [2.24, 2.45) is 0 Å². The van der Waals surface area contributed by atoms with Crippen LogP contribution in [0.2, 0.25) is 8.67 Å². The Morgan fingerprint density at radius 2 is 2.25 bits per heavy atom. The standard InChI is InChI=1S/C13H14Cl2N2OS2/c1-17(8-11-16-5-6-19-11)12(18)4-2-3-9-7-10(14)20-13(9)15/h5-7H,2-4,8H2,1H3. The monoisotopic (exact) mass is 348 g/mol. The minimum atomic E-state index is 0.123. The molecule has 0 fully saturated rings. The fraction of sp³-hybridized carbons (Fsp3) is 0.385. The van der Waals surface area contributed by atoms with Crippen molar-refractivity contribution in [3.63, 3.8) is 0 Å². The number of thiazole rings is 1. The number of halogens is 2. The summed E-state index contributed by atoms with van der Waals surface area (Å²) in [5, 5.41) is 2.86. The molecule has 0 aliphatic rings. The number of nitrogens with zero attached hydrogens (tertiary/aromatic N) is 2. The van der Waals surface area contributed by atoms with E-state index in [4.69, 9.17) is 23.2 Å². The van der Waals surface area contributed by atoms with E-state index >= 15 is 0 Å². The van der Waals surface area contributed by atoms with Gasteiger partial charge in [0.1, 0.15) is 5.01 Å². The summed E-state index contributed by atoms with van der Waals surface area (Å²) in [6.07, 6.45) is 3.80. The molecule has 0 spiro atoms. The molecule has 0 radical (unpaired) electrons. The van der Waals surface area contributed by atoms with Crippen LogP contribution in [0.25, 0.3) is 0 Å². The highest BCUT2D eigenvalue weighted by molar-refractivity contribution is 7.20. The number of aromatic nitrogens is 1. The lowest BCUT2D eigenvalue weighted by Crippen LogP contribution is -2.25. The lowest BCUT2D eigenvalue weighted by atomic mass is 10.1. The fourth-order valence-corrected chi connectivity index (χ4v) is 4.00. The van der Waals surface area contributed by atoms with Gasteiger partial charge in [0.15, 0.2) is 0 Å². The smallest absolute Gasteiger partial charge is 0.222 e. The van der Waals surface area contributed by atoms with Crippen molar-refractivity contribution in [3.05, 3.63) is 36.9 Å². The summed E-state index contributed by atoms with van der Waals surface area (Å²) < 4.78 is 1.41. The Morgan fingerprint density at radius 3 is 2.85 bits per heavy atom. The first-order valence-corrected chi connectivity index (χ1v) is 8.57. The van der Waals surface area contributed by atoms with Crippen LogP contribution in [0.15, 0.2) is 17.6 Å². The van der Waals surface area contributed by atoms with Crippen molar-refractivity contribution >= 4 is 51.8 Å². The molecule has 2 aromatic heterocycles. The molecule has 20 heavy (non-hydrogen) atoms. The van der Waals surface area contributed by atoms with Gasteiger partial charge < -0.3 is 4.90 Å². The molecule has 0 aliphatic carbocycles. The van der Waals surface area contributed by atoms with E-state index in [2.05, 4.69) is 4.98 Å². The maximum atomic E-state index is 12.0. The van der Waals surface area contributed by atoms with E-state index in [-0.39, 0.29) is 5.91 Å². The number of thiophene rings is 1. The topological polar surface area (TPSA) is 33.2 Å². The number of aryl methyl sites for hydroxylation is 1. The van der Waals surface area contributed by atoms with E-state index in [9.17, 15) is 4.79 Å². The van der Waals surface area contributed by atoms with E-state index < -0.39 is 0 Å². The first kappa shape index (κ1) is 15.8. The van der Waals surface area contributed by atoms with Crippen LogP contribution in [0.5, 0.6) is 0 Å². The van der Waals surface area contributed by atoms with Gasteiger partial charge in [-0.2, -0.15) is 0 Å². The van der Waals surface area contributed by atoms with Crippen molar-refractivity contribution in [1.82, 2.24) is 9.88 Å². The Bertz CT molecular complexity index is 569. The Kier molecular flexibility index (Phi) is 5.84. The molecule has 0 unspecified atom stereocenters. The van der Waals surface area contributed by atoms with Crippen LogP contribution in [-0.2, 0) is 17.8 Å². The number of amides is 1. The average molecular weight is 349 g/mol. The molecular formula is C13H14Cl2N2OS2. The summed E-state index contributed by atoms with van der Waals surface area (Å²) in [6, 6.07) is 1.87. The van der Waals surface area contributed by atoms with Crippen LogP contribution in [0.4, 0.5) is 0 Å². The summed E-state index contributed by atoms with van der Waals surface area (Å²) in [6.45, 7) is 0.571. The van der Waals surface area contributed by atoms with E-state index in [1.807, 2.05) is 11.4 Å². The third-order valence-corrected chi connectivity index (χ3v) is 5.18. The first-order valence-electron chi connectivity index (χ1n) is 6.12. The summed E-state index contributed by atoms with van der Waals surface area (Å²) >= 11 is 14.9. The molecule has 0 bridgehead atoms. The molecule has 0 saturated heterocycles. The molecule has 0 aliphatic heterocycles. The van der Waals surface area contributed by atoms with Crippen LogP contribution < -0.4 is 0 Å². The summed E-state index contributed by atoms with van der Waals surface area (Å²) in [7, 11) is 1.80. The van der Waals surface area contributed by atoms with E-state index in [0.29, 0.717) is 17.3 Å². The van der Waals surface area contributed by atoms with Crippen LogP contribution in [0.3, 0.4) is 0 Å². The molecule has 2 rings (SSSR count). The summed E-state index contributed by atoms with van der Waals surface area (Å²) in [5.74, 6) is 0.123.